The second-order valence-corrected chi connectivity index (χ2v) is 20.6. The summed E-state index contributed by atoms with van der Waals surface area (Å²) < 4.78 is 0. The van der Waals surface area contributed by atoms with Crippen LogP contribution in [-0.4, -0.2) is 46.1 Å². The van der Waals surface area contributed by atoms with Crippen LogP contribution in [0.2, 0.25) is 0 Å². The molecule has 4 N–H and O–H groups in total. The van der Waals surface area contributed by atoms with Crippen LogP contribution >= 0.6 is 0 Å². The standard InChI is InChI=1S/C59H117NO4/c1-3-5-7-9-11-13-15-17-19-21-23-24-25-26-27-28-29-30-31-32-33-34-36-38-40-42-44-46-48-50-52-54-58(63)59(64)60-56(55-61)57(62)53-51-49-47-45-43-41-39-37-35-22-20-18-16-14-12-10-8-6-4-2/h26-27,56-58,61-63H,3-25,28-55H2,1-2H3,(H,60,64)/b27-26-. The molecule has 0 heterocycles. The lowest BCUT2D eigenvalue weighted by molar-refractivity contribution is -0.131. The molecule has 0 saturated heterocycles. The lowest BCUT2D eigenvalue weighted by atomic mass is 10.0. The normalized spacial score (nSPS) is 13.3. The number of carbonyl (C=O) groups excluding carboxylic acids is 1. The minimum Gasteiger partial charge on any atom is -0.394 e. The number of unbranched alkanes of at least 4 members (excludes halogenated alkanes) is 45. The molecule has 0 saturated carbocycles. The molecule has 382 valence electrons. The highest BCUT2D eigenvalue weighted by Gasteiger charge is 2.23. The van der Waals surface area contributed by atoms with Crippen LogP contribution in [0.4, 0.5) is 0 Å². The van der Waals surface area contributed by atoms with Crippen molar-refractivity contribution in [3.8, 4) is 0 Å². The van der Waals surface area contributed by atoms with Crippen LogP contribution in [0.15, 0.2) is 12.2 Å². The van der Waals surface area contributed by atoms with Gasteiger partial charge in [-0.05, 0) is 38.5 Å². The van der Waals surface area contributed by atoms with Gasteiger partial charge in [-0.3, -0.25) is 4.79 Å². The average molecular weight is 905 g/mol. The summed E-state index contributed by atoms with van der Waals surface area (Å²) in [6.07, 6.45) is 68.4. The van der Waals surface area contributed by atoms with Crippen LogP contribution in [0.3, 0.4) is 0 Å². The van der Waals surface area contributed by atoms with Crippen molar-refractivity contribution in [2.24, 2.45) is 0 Å². The Hall–Kier alpha value is -0.910. The number of allylic oxidation sites excluding steroid dienone is 2. The van der Waals surface area contributed by atoms with Gasteiger partial charge in [0.25, 0.3) is 0 Å². The zero-order valence-corrected chi connectivity index (χ0v) is 43.7. The number of hydrogen-bond acceptors (Lipinski definition) is 4. The van der Waals surface area contributed by atoms with E-state index in [9.17, 15) is 20.1 Å². The minimum atomic E-state index is -1.07. The van der Waals surface area contributed by atoms with E-state index in [1.165, 1.54) is 276 Å². The van der Waals surface area contributed by atoms with Gasteiger partial charge in [0.2, 0.25) is 5.91 Å². The summed E-state index contributed by atoms with van der Waals surface area (Å²) in [6, 6.07) is -0.709. The Labute approximate surface area is 401 Å². The van der Waals surface area contributed by atoms with Gasteiger partial charge >= 0.3 is 0 Å². The van der Waals surface area contributed by atoms with E-state index >= 15 is 0 Å². The molecule has 0 aromatic carbocycles. The topological polar surface area (TPSA) is 89.8 Å². The van der Waals surface area contributed by atoms with Crippen molar-refractivity contribution in [3.05, 3.63) is 12.2 Å². The Morgan fingerprint density at radius 3 is 0.859 bits per heavy atom. The van der Waals surface area contributed by atoms with E-state index in [-0.39, 0.29) is 6.61 Å². The molecule has 64 heavy (non-hydrogen) atoms. The maximum atomic E-state index is 12.6. The van der Waals surface area contributed by atoms with Crippen LogP contribution in [0.1, 0.15) is 335 Å². The van der Waals surface area contributed by atoms with Crippen molar-refractivity contribution < 1.29 is 20.1 Å². The van der Waals surface area contributed by atoms with Gasteiger partial charge in [0.1, 0.15) is 6.10 Å². The van der Waals surface area contributed by atoms with Crippen molar-refractivity contribution in [3.63, 3.8) is 0 Å². The first-order valence-electron chi connectivity index (χ1n) is 29.5. The monoisotopic (exact) mass is 904 g/mol. The van der Waals surface area contributed by atoms with E-state index in [1.807, 2.05) is 0 Å². The number of amides is 1. The smallest absolute Gasteiger partial charge is 0.249 e. The summed E-state index contributed by atoms with van der Waals surface area (Å²) >= 11 is 0. The van der Waals surface area contributed by atoms with E-state index in [4.69, 9.17) is 0 Å². The number of aliphatic hydroxyl groups excluding tert-OH is 3. The summed E-state index contributed by atoms with van der Waals surface area (Å²) in [4.78, 5) is 12.6. The van der Waals surface area contributed by atoms with E-state index in [0.29, 0.717) is 12.8 Å². The molecule has 0 fully saturated rings. The fourth-order valence-electron chi connectivity index (χ4n) is 9.54. The third-order valence-corrected chi connectivity index (χ3v) is 14.1. The Kier molecular flexibility index (Phi) is 53.9. The molecule has 1 amide bonds. The van der Waals surface area contributed by atoms with Crippen molar-refractivity contribution in [1.82, 2.24) is 5.32 Å². The molecule has 0 aliphatic rings. The third kappa shape index (κ3) is 49.0. The summed E-state index contributed by atoms with van der Waals surface area (Å²) in [5, 5.41) is 33.6. The first kappa shape index (κ1) is 63.1. The molecule has 0 aliphatic heterocycles. The fourth-order valence-corrected chi connectivity index (χ4v) is 9.54. The highest BCUT2D eigenvalue weighted by molar-refractivity contribution is 5.80. The highest BCUT2D eigenvalue weighted by atomic mass is 16.3. The first-order valence-corrected chi connectivity index (χ1v) is 29.5. The summed E-state index contributed by atoms with van der Waals surface area (Å²) in [5.74, 6) is -0.464. The number of carbonyl (C=O) groups is 1. The molecule has 0 spiro atoms. The molecule has 3 atom stereocenters. The third-order valence-electron chi connectivity index (χ3n) is 14.1. The quantitative estimate of drug-likeness (QED) is 0.0362. The van der Waals surface area contributed by atoms with E-state index in [2.05, 4.69) is 31.3 Å². The van der Waals surface area contributed by atoms with E-state index in [0.717, 1.165) is 32.1 Å². The molecule has 5 nitrogen and oxygen atoms in total. The van der Waals surface area contributed by atoms with Gasteiger partial charge < -0.3 is 20.6 Å². The zero-order valence-electron chi connectivity index (χ0n) is 43.7. The molecular formula is C59H117NO4. The second kappa shape index (κ2) is 54.7. The maximum absolute atomic E-state index is 12.6. The van der Waals surface area contributed by atoms with Gasteiger partial charge in [0.05, 0.1) is 18.8 Å². The summed E-state index contributed by atoms with van der Waals surface area (Å²) in [5.41, 5.74) is 0. The lowest BCUT2D eigenvalue weighted by Gasteiger charge is -2.23. The van der Waals surface area contributed by atoms with Crippen LogP contribution < -0.4 is 5.32 Å². The van der Waals surface area contributed by atoms with Crippen molar-refractivity contribution >= 4 is 5.91 Å². The fraction of sp³-hybridized carbons (Fsp3) is 0.949. The number of hydrogen-bond donors (Lipinski definition) is 4. The predicted octanol–water partition coefficient (Wildman–Crippen LogP) is 18.3. The van der Waals surface area contributed by atoms with Crippen LogP contribution in [0, 0.1) is 0 Å². The van der Waals surface area contributed by atoms with Crippen LogP contribution in [-0.2, 0) is 4.79 Å². The second-order valence-electron chi connectivity index (χ2n) is 20.6. The number of nitrogens with one attached hydrogen (secondary N) is 1. The van der Waals surface area contributed by atoms with Gasteiger partial charge in [-0.1, -0.05) is 309 Å². The van der Waals surface area contributed by atoms with Crippen molar-refractivity contribution in [2.75, 3.05) is 6.61 Å². The molecule has 0 aliphatic carbocycles. The predicted molar refractivity (Wildman–Crippen MR) is 282 cm³/mol. The summed E-state index contributed by atoms with van der Waals surface area (Å²) in [6.45, 7) is 4.27. The van der Waals surface area contributed by atoms with Gasteiger partial charge in [-0.25, -0.2) is 0 Å². The highest BCUT2D eigenvalue weighted by Crippen LogP contribution is 2.18. The largest absolute Gasteiger partial charge is 0.394 e. The Morgan fingerprint density at radius 1 is 0.359 bits per heavy atom. The summed E-state index contributed by atoms with van der Waals surface area (Å²) in [7, 11) is 0. The Morgan fingerprint density at radius 2 is 0.594 bits per heavy atom. The first-order chi connectivity index (χ1) is 31.6. The van der Waals surface area contributed by atoms with Gasteiger partial charge in [0, 0.05) is 0 Å². The van der Waals surface area contributed by atoms with Crippen LogP contribution in [0.5, 0.6) is 0 Å². The molecule has 0 aromatic heterocycles. The van der Waals surface area contributed by atoms with Crippen molar-refractivity contribution in [1.29, 1.82) is 0 Å². The average Bonchev–Trinajstić information content (AvgIpc) is 3.30. The van der Waals surface area contributed by atoms with Crippen LogP contribution in [0.25, 0.3) is 0 Å². The minimum absolute atomic E-state index is 0.309. The molecule has 0 rings (SSSR count). The van der Waals surface area contributed by atoms with Crippen molar-refractivity contribution in [2.45, 2.75) is 353 Å². The SMILES string of the molecule is CCCCCCCCCCCCCC/C=C\CCCCCCCCCCCCCCCCCC(O)C(=O)NC(CO)C(O)CCCCCCCCCCCCCCCCCCCCC. The molecule has 0 bridgehead atoms. The maximum Gasteiger partial charge on any atom is 0.249 e. The molecule has 0 aromatic rings. The zero-order chi connectivity index (χ0) is 46.5. The van der Waals surface area contributed by atoms with Gasteiger partial charge in [0.15, 0.2) is 0 Å². The number of rotatable bonds is 55. The molecule has 0 radical (unpaired) electrons. The molecule has 3 unspecified atom stereocenters. The lowest BCUT2D eigenvalue weighted by Crippen LogP contribution is -2.49. The number of aliphatic hydroxyl groups is 3. The molecule has 5 heteroatoms. The Bertz CT molecular complexity index is 909. The molecular weight excluding hydrogens is 787 g/mol. The van der Waals surface area contributed by atoms with E-state index in [1.54, 1.807) is 0 Å². The van der Waals surface area contributed by atoms with Gasteiger partial charge in [-0.15, -0.1) is 0 Å². The van der Waals surface area contributed by atoms with Gasteiger partial charge in [-0.2, -0.15) is 0 Å². The van der Waals surface area contributed by atoms with E-state index < -0.39 is 24.2 Å². The Balaban J connectivity index is 3.48.